The average molecular weight is 328 g/mol. The zero-order chi connectivity index (χ0) is 12.6. The Labute approximate surface area is 121 Å². The number of thioether (sulfide) groups is 1. The van der Waals surface area contributed by atoms with Crippen molar-refractivity contribution < 1.29 is 5.11 Å². The fourth-order valence-electron chi connectivity index (χ4n) is 2.87. The van der Waals surface area contributed by atoms with Gasteiger partial charge in [-0.1, -0.05) is 28.1 Å². The highest BCUT2D eigenvalue weighted by Gasteiger charge is 2.33. The lowest BCUT2D eigenvalue weighted by molar-refractivity contribution is 0.0646. The summed E-state index contributed by atoms with van der Waals surface area (Å²) in [6, 6.07) is 6.83. The predicted octanol–water partition coefficient (Wildman–Crippen LogP) is 2.89. The van der Waals surface area contributed by atoms with E-state index in [1.165, 1.54) is 15.6 Å². The minimum absolute atomic E-state index is 0.409. The molecule has 1 fully saturated rings. The van der Waals surface area contributed by atoms with E-state index in [1.54, 1.807) is 0 Å². The first-order valence-corrected chi connectivity index (χ1v) is 8.44. The molecule has 2 nitrogen and oxygen atoms in total. The summed E-state index contributed by atoms with van der Waals surface area (Å²) < 4.78 is 1.22. The van der Waals surface area contributed by atoms with E-state index in [4.69, 9.17) is 0 Å². The number of rotatable bonds is 3. The first-order chi connectivity index (χ1) is 8.68. The summed E-state index contributed by atoms with van der Waals surface area (Å²) in [5.41, 5.74) is 2.35. The van der Waals surface area contributed by atoms with Gasteiger partial charge in [0.05, 0.1) is 5.60 Å². The molecule has 18 heavy (non-hydrogen) atoms. The van der Waals surface area contributed by atoms with E-state index in [-0.39, 0.29) is 0 Å². The van der Waals surface area contributed by atoms with Crippen molar-refractivity contribution in [3.05, 3.63) is 33.8 Å². The third-order valence-corrected chi connectivity index (χ3v) is 5.95. The molecule has 1 heterocycles. The van der Waals surface area contributed by atoms with Crippen molar-refractivity contribution in [2.24, 2.45) is 0 Å². The summed E-state index contributed by atoms with van der Waals surface area (Å²) in [7, 11) is 0. The Morgan fingerprint density at radius 1 is 1.50 bits per heavy atom. The van der Waals surface area contributed by atoms with Gasteiger partial charge in [0.25, 0.3) is 0 Å². The van der Waals surface area contributed by atoms with Crippen LogP contribution in [0.2, 0.25) is 0 Å². The lowest BCUT2D eigenvalue weighted by Crippen LogP contribution is -2.41. The third kappa shape index (κ3) is 2.48. The minimum atomic E-state index is -0.487. The van der Waals surface area contributed by atoms with Gasteiger partial charge in [-0.05, 0) is 42.2 Å². The molecule has 2 atom stereocenters. The molecule has 1 saturated heterocycles. The average Bonchev–Trinajstić information content (AvgIpc) is 2.95. The van der Waals surface area contributed by atoms with E-state index in [0.29, 0.717) is 6.04 Å². The van der Waals surface area contributed by atoms with Gasteiger partial charge in [-0.2, -0.15) is 11.8 Å². The number of hydrogen-bond acceptors (Lipinski definition) is 3. The van der Waals surface area contributed by atoms with Crippen LogP contribution in [0.5, 0.6) is 0 Å². The van der Waals surface area contributed by atoms with Crippen molar-refractivity contribution in [1.29, 1.82) is 0 Å². The normalized spacial score (nSPS) is 30.7. The van der Waals surface area contributed by atoms with E-state index in [9.17, 15) is 5.11 Å². The summed E-state index contributed by atoms with van der Waals surface area (Å²) in [6.45, 7) is 0.719. The number of halogens is 1. The zero-order valence-corrected chi connectivity index (χ0v) is 12.7. The molecule has 4 heteroatoms. The summed E-state index contributed by atoms with van der Waals surface area (Å²) in [5, 5.41) is 13.9. The molecule has 1 aromatic rings. The maximum absolute atomic E-state index is 10.4. The van der Waals surface area contributed by atoms with Crippen LogP contribution in [0.3, 0.4) is 0 Å². The van der Waals surface area contributed by atoms with Gasteiger partial charge in [-0.3, -0.25) is 0 Å². The monoisotopic (exact) mass is 327 g/mol. The van der Waals surface area contributed by atoms with Gasteiger partial charge in [0.1, 0.15) is 0 Å². The first kappa shape index (κ1) is 13.0. The van der Waals surface area contributed by atoms with Crippen LogP contribution < -0.4 is 5.32 Å². The molecule has 1 aliphatic carbocycles. The maximum Gasteiger partial charge on any atom is 0.0869 e. The number of nitrogens with one attached hydrogen (secondary N) is 1. The molecule has 3 rings (SSSR count). The summed E-state index contributed by atoms with van der Waals surface area (Å²) >= 11 is 5.48. The Morgan fingerprint density at radius 3 is 3.17 bits per heavy atom. The third-order valence-electron chi connectivity index (χ3n) is 3.97. The van der Waals surface area contributed by atoms with Gasteiger partial charge in [0.2, 0.25) is 0 Å². The standard InChI is InChI=1S/C14H18BrNOS/c15-12-3-1-2-11-10(12)4-5-13(11)16-8-14(17)6-7-18-9-14/h1-3,13,16-17H,4-9H2/t13-,14+/m0/s1. The molecule has 2 N–H and O–H groups in total. The molecular formula is C14H18BrNOS. The largest absolute Gasteiger partial charge is 0.388 e. The van der Waals surface area contributed by atoms with E-state index >= 15 is 0 Å². The van der Waals surface area contributed by atoms with Gasteiger partial charge in [0, 0.05) is 22.8 Å². The van der Waals surface area contributed by atoms with Gasteiger partial charge >= 0.3 is 0 Å². The fourth-order valence-corrected chi connectivity index (χ4v) is 4.75. The van der Waals surface area contributed by atoms with Crippen molar-refractivity contribution in [1.82, 2.24) is 5.32 Å². The Morgan fingerprint density at radius 2 is 2.39 bits per heavy atom. The highest BCUT2D eigenvalue weighted by molar-refractivity contribution is 9.10. The summed E-state index contributed by atoms with van der Waals surface area (Å²) in [5.74, 6) is 1.96. The highest BCUT2D eigenvalue weighted by Crippen LogP contribution is 2.36. The molecule has 1 aromatic carbocycles. The second-order valence-corrected chi connectivity index (χ2v) is 7.27. The molecular weight excluding hydrogens is 310 g/mol. The van der Waals surface area contributed by atoms with Crippen molar-refractivity contribution in [2.45, 2.75) is 30.9 Å². The number of fused-ring (bicyclic) bond motifs is 1. The van der Waals surface area contributed by atoms with Gasteiger partial charge in [-0.15, -0.1) is 0 Å². The second-order valence-electron chi connectivity index (χ2n) is 5.31. The van der Waals surface area contributed by atoms with Crippen LogP contribution in [0.1, 0.15) is 30.0 Å². The smallest absolute Gasteiger partial charge is 0.0869 e. The molecule has 0 radical (unpaired) electrons. The second kappa shape index (κ2) is 5.16. The van der Waals surface area contributed by atoms with Crippen molar-refractivity contribution in [3.8, 4) is 0 Å². The molecule has 0 bridgehead atoms. The number of benzene rings is 1. The minimum Gasteiger partial charge on any atom is -0.388 e. The number of aliphatic hydroxyl groups is 1. The Bertz CT molecular complexity index is 445. The quantitative estimate of drug-likeness (QED) is 0.895. The van der Waals surface area contributed by atoms with Gasteiger partial charge in [0.15, 0.2) is 0 Å². The van der Waals surface area contributed by atoms with Crippen LogP contribution in [0.4, 0.5) is 0 Å². The van der Waals surface area contributed by atoms with Crippen molar-refractivity contribution in [3.63, 3.8) is 0 Å². The molecule has 2 aliphatic rings. The lowest BCUT2D eigenvalue weighted by atomic mass is 10.0. The highest BCUT2D eigenvalue weighted by atomic mass is 79.9. The molecule has 98 valence electrons. The molecule has 1 aliphatic heterocycles. The van der Waals surface area contributed by atoms with Crippen molar-refractivity contribution in [2.75, 3.05) is 18.1 Å². The Balaban J connectivity index is 1.68. The predicted molar refractivity (Wildman–Crippen MR) is 80.1 cm³/mol. The SMILES string of the molecule is O[C@@]1(CN[C@H]2CCc3c(Br)cccc32)CCSC1. The number of hydrogen-bond donors (Lipinski definition) is 2. The van der Waals surface area contributed by atoms with Gasteiger partial charge < -0.3 is 10.4 Å². The zero-order valence-electron chi connectivity index (χ0n) is 10.3. The molecule has 0 spiro atoms. The molecule has 0 saturated carbocycles. The van der Waals surface area contributed by atoms with Crippen LogP contribution in [-0.4, -0.2) is 28.8 Å². The van der Waals surface area contributed by atoms with E-state index < -0.39 is 5.60 Å². The van der Waals surface area contributed by atoms with Crippen LogP contribution >= 0.6 is 27.7 Å². The maximum atomic E-state index is 10.4. The summed E-state index contributed by atoms with van der Waals surface area (Å²) in [4.78, 5) is 0. The Hall–Kier alpha value is -0.0300. The first-order valence-electron chi connectivity index (χ1n) is 6.49. The van der Waals surface area contributed by atoms with Gasteiger partial charge in [-0.25, -0.2) is 0 Å². The fraction of sp³-hybridized carbons (Fsp3) is 0.571. The van der Waals surface area contributed by atoms with Crippen LogP contribution in [0.15, 0.2) is 22.7 Å². The van der Waals surface area contributed by atoms with Crippen LogP contribution in [0.25, 0.3) is 0 Å². The molecule has 0 aromatic heterocycles. The molecule has 0 unspecified atom stereocenters. The molecule has 0 amide bonds. The summed E-state index contributed by atoms with van der Waals surface area (Å²) in [6.07, 6.45) is 3.19. The van der Waals surface area contributed by atoms with E-state index in [2.05, 4.69) is 39.4 Å². The van der Waals surface area contributed by atoms with Crippen molar-refractivity contribution >= 4 is 27.7 Å². The lowest BCUT2D eigenvalue weighted by Gasteiger charge is -2.24. The van der Waals surface area contributed by atoms with Crippen LogP contribution in [-0.2, 0) is 6.42 Å². The van der Waals surface area contributed by atoms with E-state index in [1.807, 2.05) is 11.8 Å². The Kier molecular flexibility index (Phi) is 3.72. The topological polar surface area (TPSA) is 32.3 Å². The van der Waals surface area contributed by atoms with Crippen LogP contribution in [0, 0.1) is 0 Å². The van der Waals surface area contributed by atoms with E-state index in [0.717, 1.165) is 37.3 Å².